The number of fused-ring (bicyclic) bond motifs is 1. The van der Waals surface area contributed by atoms with E-state index in [0.29, 0.717) is 13.2 Å². The highest BCUT2D eigenvalue weighted by molar-refractivity contribution is 6.30. The molecule has 3 aromatic carbocycles. The average Bonchev–Trinajstić information content (AvgIpc) is 3.08. The average molecular weight is 377 g/mol. The lowest BCUT2D eigenvalue weighted by Gasteiger charge is -2.11. The molecule has 0 saturated heterocycles. The summed E-state index contributed by atoms with van der Waals surface area (Å²) in [5, 5.41) is 0.722. The Labute approximate surface area is 164 Å². The molecule has 0 saturated carbocycles. The van der Waals surface area contributed by atoms with E-state index in [1.165, 1.54) is 5.56 Å². The molecule has 27 heavy (non-hydrogen) atoms. The molecule has 0 atom stereocenters. The van der Waals surface area contributed by atoms with Crippen LogP contribution in [0, 0.1) is 0 Å². The summed E-state index contributed by atoms with van der Waals surface area (Å²) in [6, 6.07) is 24.3. The molecule has 0 N–H and O–H groups in total. The molecule has 1 aromatic heterocycles. The second kappa shape index (κ2) is 7.85. The highest BCUT2D eigenvalue weighted by Crippen LogP contribution is 2.26. The van der Waals surface area contributed by atoms with Crippen LogP contribution in [0.15, 0.2) is 72.8 Å². The van der Waals surface area contributed by atoms with Gasteiger partial charge in [-0.2, -0.15) is 0 Å². The number of imidazole rings is 1. The van der Waals surface area contributed by atoms with Crippen LogP contribution in [0.2, 0.25) is 5.02 Å². The Hall–Kier alpha value is -2.78. The van der Waals surface area contributed by atoms with E-state index in [0.717, 1.165) is 39.6 Å². The lowest BCUT2D eigenvalue weighted by atomic mass is 10.2. The predicted octanol–water partition coefficient (Wildman–Crippen LogP) is 6.00. The van der Waals surface area contributed by atoms with Crippen LogP contribution in [0.3, 0.4) is 0 Å². The van der Waals surface area contributed by atoms with Gasteiger partial charge in [0.15, 0.2) is 0 Å². The van der Waals surface area contributed by atoms with E-state index in [4.69, 9.17) is 21.3 Å². The molecule has 4 rings (SSSR count). The minimum Gasteiger partial charge on any atom is -0.492 e. The summed E-state index contributed by atoms with van der Waals surface area (Å²) in [6.45, 7) is 3.44. The van der Waals surface area contributed by atoms with Gasteiger partial charge in [-0.1, -0.05) is 42.8 Å². The zero-order chi connectivity index (χ0) is 18.6. The van der Waals surface area contributed by atoms with Gasteiger partial charge >= 0.3 is 0 Å². The maximum absolute atomic E-state index is 6.04. The van der Waals surface area contributed by atoms with E-state index in [1.54, 1.807) is 0 Å². The van der Waals surface area contributed by atoms with Crippen molar-refractivity contribution in [3.63, 3.8) is 0 Å². The number of benzene rings is 3. The third kappa shape index (κ3) is 3.83. The van der Waals surface area contributed by atoms with E-state index >= 15 is 0 Å². The van der Waals surface area contributed by atoms with E-state index in [-0.39, 0.29) is 0 Å². The molecule has 4 aromatic rings. The van der Waals surface area contributed by atoms with Crippen molar-refractivity contribution < 1.29 is 4.74 Å². The van der Waals surface area contributed by atoms with E-state index in [9.17, 15) is 0 Å². The first-order valence-corrected chi connectivity index (χ1v) is 9.55. The quantitative estimate of drug-likeness (QED) is 0.412. The van der Waals surface area contributed by atoms with E-state index in [2.05, 4.69) is 29.7 Å². The lowest BCUT2D eigenvalue weighted by molar-refractivity contribution is 0.301. The largest absolute Gasteiger partial charge is 0.492 e. The standard InChI is InChI=1S/C23H21ClN2O/c1-2-17-7-13-20(14-8-17)27-16-15-26-22-6-4-3-5-21(22)25-23(26)18-9-11-19(24)12-10-18/h3-14H,2,15-16H2,1H3. The molecule has 3 nitrogen and oxygen atoms in total. The maximum Gasteiger partial charge on any atom is 0.141 e. The van der Waals surface area contributed by atoms with Crippen molar-refractivity contribution in [3.8, 4) is 17.1 Å². The first-order chi connectivity index (χ1) is 13.2. The molecule has 1 heterocycles. The number of para-hydroxylation sites is 2. The van der Waals surface area contributed by atoms with Crippen LogP contribution in [0.4, 0.5) is 0 Å². The Kier molecular flexibility index (Phi) is 5.12. The van der Waals surface area contributed by atoms with Crippen LogP contribution in [0.1, 0.15) is 12.5 Å². The van der Waals surface area contributed by atoms with Crippen molar-refractivity contribution in [1.29, 1.82) is 0 Å². The predicted molar refractivity (Wildman–Crippen MR) is 111 cm³/mol. The molecule has 136 valence electrons. The normalized spacial score (nSPS) is 11.0. The maximum atomic E-state index is 6.04. The molecular formula is C23H21ClN2O. The van der Waals surface area contributed by atoms with Gasteiger partial charge in [-0.15, -0.1) is 0 Å². The van der Waals surface area contributed by atoms with Crippen molar-refractivity contribution in [2.24, 2.45) is 0 Å². The molecule has 0 amide bonds. The molecule has 0 fully saturated rings. The van der Waals surface area contributed by atoms with E-state index < -0.39 is 0 Å². The fourth-order valence-corrected chi connectivity index (χ4v) is 3.32. The molecule has 0 aliphatic rings. The van der Waals surface area contributed by atoms with Gasteiger partial charge in [0, 0.05) is 10.6 Å². The molecule has 0 aliphatic carbocycles. The fourth-order valence-electron chi connectivity index (χ4n) is 3.20. The number of hydrogen-bond donors (Lipinski definition) is 0. The topological polar surface area (TPSA) is 27.1 Å². The van der Waals surface area contributed by atoms with Gasteiger partial charge in [-0.3, -0.25) is 0 Å². The first kappa shape index (κ1) is 17.6. The molecule has 0 spiro atoms. The highest BCUT2D eigenvalue weighted by atomic mass is 35.5. The summed E-state index contributed by atoms with van der Waals surface area (Å²) in [5.41, 5.74) is 4.44. The zero-order valence-corrected chi connectivity index (χ0v) is 16.0. The Balaban J connectivity index is 1.59. The Morgan fingerprint density at radius 3 is 2.41 bits per heavy atom. The van der Waals surface area contributed by atoms with Crippen molar-refractivity contribution >= 4 is 22.6 Å². The number of hydrogen-bond acceptors (Lipinski definition) is 2. The SMILES string of the molecule is CCc1ccc(OCCn2c(-c3ccc(Cl)cc3)nc3ccccc32)cc1. The Morgan fingerprint density at radius 2 is 1.67 bits per heavy atom. The Morgan fingerprint density at radius 1 is 0.926 bits per heavy atom. The second-order valence-corrected chi connectivity index (χ2v) is 6.87. The molecule has 0 bridgehead atoms. The van der Waals surface area contributed by atoms with Crippen molar-refractivity contribution in [3.05, 3.63) is 83.4 Å². The van der Waals surface area contributed by atoms with Gasteiger partial charge in [0.05, 0.1) is 17.6 Å². The van der Waals surface area contributed by atoms with Crippen LogP contribution in [-0.2, 0) is 13.0 Å². The summed E-state index contributed by atoms with van der Waals surface area (Å²) < 4.78 is 8.18. The number of rotatable bonds is 6. The van der Waals surface area contributed by atoms with Gasteiger partial charge in [-0.25, -0.2) is 4.98 Å². The van der Waals surface area contributed by atoms with Crippen molar-refractivity contribution in [2.45, 2.75) is 19.9 Å². The molecule has 4 heteroatoms. The molecular weight excluding hydrogens is 356 g/mol. The molecule has 0 radical (unpaired) electrons. The molecule has 0 aliphatic heterocycles. The second-order valence-electron chi connectivity index (χ2n) is 6.43. The van der Waals surface area contributed by atoms with Crippen LogP contribution in [-0.4, -0.2) is 16.2 Å². The number of aryl methyl sites for hydroxylation is 1. The molecule has 0 unspecified atom stereocenters. The fraction of sp³-hybridized carbons (Fsp3) is 0.174. The van der Waals surface area contributed by atoms with E-state index in [1.807, 2.05) is 54.6 Å². The van der Waals surface area contributed by atoms with Crippen molar-refractivity contribution in [2.75, 3.05) is 6.61 Å². The highest BCUT2D eigenvalue weighted by Gasteiger charge is 2.12. The zero-order valence-electron chi connectivity index (χ0n) is 15.2. The van der Waals surface area contributed by atoms with Crippen LogP contribution in [0.25, 0.3) is 22.4 Å². The van der Waals surface area contributed by atoms with Crippen LogP contribution in [0.5, 0.6) is 5.75 Å². The minimum absolute atomic E-state index is 0.576. The van der Waals surface area contributed by atoms with Gasteiger partial charge in [0.25, 0.3) is 0 Å². The number of halogens is 1. The van der Waals surface area contributed by atoms with Gasteiger partial charge in [-0.05, 0) is 60.5 Å². The summed E-state index contributed by atoms with van der Waals surface area (Å²) in [5.74, 6) is 1.82. The summed E-state index contributed by atoms with van der Waals surface area (Å²) in [6.07, 6.45) is 1.03. The third-order valence-electron chi connectivity index (χ3n) is 4.67. The number of aromatic nitrogens is 2. The van der Waals surface area contributed by atoms with Crippen molar-refractivity contribution in [1.82, 2.24) is 9.55 Å². The lowest BCUT2D eigenvalue weighted by Crippen LogP contribution is -2.09. The third-order valence-corrected chi connectivity index (χ3v) is 4.92. The number of ether oxygens (including phenoxy) is 1. The van der Waals surface area contributed by atoms with Gasteiger partial charge < -0.3 is 9.30 Å². The smallest absolute Gasteiger partial charge is 0.141 e. The van der Waals surface area contributed by atoms with Crippen LogP contribution >= 0.6 is 11.6 Å². The first-order valence-electron chi connectivity index (χ1n) is 9.17. The van der Waals surface area contributed by atoms with Crippen LogP contribution < -0.4 is 4.74 Å². The summed E-state index contributed by atoms with van der Waals surface area (Å²) in [4.78, 5) is 4.83. The summed E-state index contributed by atoms with van der Waals surface area (Å²) >= 11 is 6.04. The van der Waals surface area contributed by atoms with Gasteiger partial charge in [0.1, 0.15) is 18.2 Å². The van der Waals surface area contributed by atoms with Gasteiger partial charge in [0.2, 0.25) is 0 Å². The summed E-state index contributed by atoms with van der Waals surface area (Å²) in [7, 11) is 0. The Bertz CT molecular complexity index is 1040. The monoisotopic (exact) mass is 376 g/mol. The number of nitrogens with zero attached hydrogens (tertiary/aromatic N) is 2. The minimum atomic E-state index is 0.576.